The van der Waals surface area contributed by atoms with E-state index in [1.807, 2.05) is 26.0 Å². The molecule has 0 saturated heterocycles. The first kappa shape index (κ1) is 17.7. The zero-order valence-electron chi connectivity index (χ0n) is 13.8. The van der Waals surface area contributed by atoms with Gasteiger partial charge in [-0.3, -0.25) is 4.79 Å². The maximum atomic E-state index is 12.2. The number of benzene rings is 1. The first-order chi connectivity index (χ1) is 11.4. The summed E-state index contributed by atoms with van der Waals surface area (Å²) in [4.78, 5) is 25.9. The summed E-state index contributed by atoms with van der Waals surface area (Å²) >= 11 is 1.37. The van der Waals surface area contributed by atoms with Gasteiger partial charge < -0.3 is 10.1 Å². The number of anilines is 1. The Hall–Kier alpha value is -2.65. The normalized spacial score (nSPS) is 11.4. The van der Waals surface area contributed by atoms with Crippen molar-refractivity contribution in [3.05, 3.63) is 51.2 Å². The second-order valence-corrected chi connectivity index (χ2v) is 6.53. The number of aryl methyl sites for hydroxylation is 2. The van der Waals surface area contributed by atoms with E-state index in [-0.39, 0.29) is 0 Å². The number of esters is 1. The number of ether oxygens (including phenoxy) is 1. The van der Waals surface area contributed by atoms with E-state index >= 15 is 0 Å². The van der Waals surface area contributed by atoms with Gasteiger partial charge in [-0.05, 0) is 50.1 Å². The number of rotatable bonds is 5. The van der Waals surface area contributed by atoms with Crippen LogP contribution >= 0.6 is 11.3 Å². The molecule has 0 bridgehead atoms. The molecule has 0 aliphatic rings. The molecular weight excluding hydrogens is 324 g/mol. The van der Waals surface area contributed by atoms with Crippen LogP contribution in [0.15, 0.2) is 30.3 Å². The predicted octanol–water partition coefficient (Wildman–Crippen LogP) is 3.67. The van der Waals surface area contributed by atoms with E-state index < -0.39 is 18.0 Å². The van der Waals surface area contributed by atoms with Crippen molar-refractivity contribution in [2.45, 2.75) is 33.3 Å². The molecule has 0 aliphatic carbocycles. The molecule has 1 aromatic carbocycles. The van der Waals surface area contributed by atoms with Gasteiger partial charge in [0, 0.05) is 10.6 Å². The molecule has 2 aromatic rings. The van der Waals surface area contributed by atoms with Gasteiger partial charge in [0.05, 0.1) is 11.6 Å². The van der Waals surface area contributed by atoms with Gasteiger partial charge in [0.25, 0.3) is 5.91 Å². The van der Waals surface area contributed by atoms with Crippen molar-refractivity contribution < 1.29 is 14.3 Å². The van der Waals surface area contributed by atoms with Crippen LogP contribution in [0.5, 0.6) is 0 Å². The molecule has 6 heteroatoms. The third kappa shape index (κ3) is 4.21. The van der Waals surface area contributed by atoms with E-state index in [0.29, 0.717) is 16.1 Å². The van der Waals surface area contributed by atoms with Crippen LogP contribution in [-0.4, -0.2) is 18.0 Å². The molecule has 0 saturated carbocycles. The standard InChI is InChI=1S/C18H18N2O3S/c1-4-14-9-16(24-12(14)3)18(22)23-11(2)17(21)20-15-7-5-6-13(8-15)10-19/h5-9,11H,4H2,1-3H3,(H,20,21)/t11-/m0/s1. The van der Waals surface area contributed by atoms with Gasteiger partial charge in [-0.25, -0.2) is 4.79 Å². The maximum absolute atomic E-state index is 12.2. The van der Waals surface area contributed by atoms with Crippen LogP contribution in [0.2, 0.25) is 0 Å². The average molecular weight is 342 g/mol. The molecule has 1 aromatic heterocycles. The summed E-state index contributed by atoms with van der Waals surface area (Å²) in [5, 5.41) is 11.5. The third-order valence-electron chi connectivity index (χ3n) is 3.51. The summed E-state index contributed by atoms with van der Waals surface area (Å²) in [5.41, 5.74) is 2.04. The van der Waals surface area contributed by atoms with E-state index in [1.54, 1.807) is 24.3 Å². The number of hydrogen-bond acceptors (Lipinski definition) is 5. The van der Waals surface area contributed by atoms with Crippen molar-refractivity contribution in [1.82, 2.24) is 0 Å². The van der Waals surface area contributed by atoms with Gasteiger partial charge in [-0.2, -0.15) is 5.26 Å². The third-order valence-corrected chi connectivity index (χ3v) is 4.59. The lowest BCUT2D eigenvalue weighted by molar-refractivity contribution is -0.123. The zero-order valence-corrected chi connectivity index (χ0v) is 14.6. The molecule has 1 amide bonds. The van der Waals surface area contributed by atoms with Crippen molar-refractivity contribution in [2.75, 3.05) is 5.32 Å². The van der Waals surface area contributed by atoms with Crippen LogP contribution in [0, 0.1) is 18.3 Å². The minimum Gasteiger partial charge on any atom is -0.448 e. The highest BCUT2D eigenvalue weighted by Crippen LogP contribution is 2.23. The van der Waals surface area contributed by atoms with Gasteiger partial charge in [0.2, 0.25) is 0 Å². The van der Waals surface area contributed by atoms with E-state index in [0.717, 1.165) is 16.9 Å². The van der Waals surface area contributed by atoms with E-state index in [2.05, 4.69) is 5.32 Å². The lowest BCUT2D eigenvalue weighted by atomic mass is 10.2. The Morgan fingerprint density at radius 3 is 2.75 bits per heavy atom. The fourth-order valence-corrected chi connectivity index (χ4v) is 3.15. The second-order valence-electron chi connectivity index (χ2n) is 5.28. The summed E-state index contributed by atoms with van der Waals surface area (Å²) in [6.07, 6.45) is -0.0864. The first-order valence-corrected chi connectivity index (χ1v) is 8.37. The second kappa shape index (κ2) is 7.75. The quantitative estimate of drug-likeness (QED) is 0.841. The molecule has 124 valence electrons. The average Bonchev–Trinajstić information content (AvgIpc) is 2.96. The van der Waals surface area contributed by atoms with Crippen molar-refractivity contribution in [2.24, 2.45) is 0 Å². The van der Waals surface area contributed by atoms with Crippen LogP contribution in [0.25, 0.3) is 0 Å². The summed E-state index contributed by atoms with van der Waals surface area (Å²) in [7, 11) is 0. The lowest BCUT2D eigenvalue weighted by Crippen LogP contribution is -2.29. The summed E-state index contributed by atoms with van der Waals surface area (Å²) < 4.78 is 5.23. The lowest BCUT2D eigenvalue weighted by Gasteiger charge is -2.13. The highest BCUT2D eigenvalue weighted by Gasteiger charge is 2.21. The number of carbonyl (C=O) groups excluding carboxylic acids is 2. The number of nitrogens with zero attached hydrogens (tertiary/aromatic N) is 1. The van der Waals surface area contributed by atoms with Gasteiger partial charge in [-0.15, -0.1) is 11.3 Å². The summed E-state index contributed by atoms with van der Waals surface area (Å²) in [5.74, 6) is -0.946. The number of thiophene rings is 1. The maximum Gasteiger partial charge on any atom is 0.349 e. The number of amides is 1. The summed E-state index contributed by atoms with van der Waals surface area (Å²) in [6, 6.07) is 10.4. The molecular formula is C18H18N2O3S. The van der Waals surface area contributed by atoms with Crippen molar-refractivity contribution in [1.29, 1.82) is 5.26 Å². The van der Waals surface area contributed by atoms with Crippen LogP contribution in [-0.2, 0) is 16.0 Å². The predicted molar refractivity (Wildman–Crippen MR) is 93.1 cm³/mol. The van der Waals surface area contributed by atoms with E-state index in [4.69, 9.17) is 10.00 Å². The molecule has 24 heavy (non-hydrogen) atoms. The molecule has 0 radical (unpaired) electrons. The van der Waals surface area contributed by atoms with Crippen LogP contribution in [0.4, 0.5) is 5.69 Å². The smallest absolute Gasteiger partial charge is 0.349 e. The SMILES string of the molecule is CCc1cc(C(=O)O[C@@H](C)C(=O)Nc2cccc(C#N)c2)sc1C. The Morgan fingerprint density at radius 1 is 1.38 bits per heavy atom. The van der Waals surface area contributed by atoms with Crippen LogP contribution in [0.3, 0.4) is 0 Å². The highest BCUT2D eigenvalue weighted by atomic mass is 32.1. The number of nitrogens with one attached hydrogen (secondary N) is 1. The Kier molecular flexibility index (Phi) is 5.72. The minimum absolute atomic E-state index is 0.442. The van der Waals surface area contributed by atoms with Gasteiger partial charge >= 0.3 is 5.97 Å². The summed E-state index contributed by atoms with van der Waals surface area (Å²) in [6.45, 7) is 5.50. The van der Waals surface area contributed by atoms with Gasteiger partial charge in [0.1, 0.15) is 4.88 Å². The van der Waals surface area contributed by atoms with Crippen molar-refractivity contribution in [3.63, 3.8) is 0 Å². The highest BCUT2D eigenvalue weighted by molar-refractivity contribution is 7.14. The fraction of sp³-hybridized carbons (Fsp3) is 0.278. The van der Waals surface area contributed by atoms with E-state index in [1.165, 1.54) is 18.3 Å². The number of nitriles is 1. The molecule has 5 nitrogen and oxygen atoms in total. The minimum atomic E-state index is -0.935. The monoisotopic (exact) mass is 342 g/mol. The molecule has 0 aliphatic heterocycles. The topological polar surface area (TPSA) is 79.2 Å². The molecule has 0 unspecified atom stereocenters. The largest absolute Gasteiger partial charge is 0.448 e. The fourth-order valence-electron chi connectivity index (χ4n) is 2.15. The van der Waals surface area contributed by atoms with Crippen molar-refractivity contribution in [3.8, 4) is 6.07 Å². The molecule has 2 rings (SSSR count). The van der Waals surface area contributed by atoms with Crippen LogP contribution in [0.1, 0.15) is 39.5 Å². The number of hydrogen-bond donors (Lipinski definition) is 1. The van der Waals surface area contributed by atoms with E-state index in [9.17, 15) is 9.59 Å². The van der Waals surface area contributed by atoms with Crippen molar-refractivity contribution >= 4 is 28.9 Å². The molecule has 1 N–H and O–H groups in total. The molecule has 1 heterocycles. The Labute approximate surface area is 144 Å². The Balaban J connectivity index is 2.00. The Bertz CT molecular complexity index is 805. The van der Waals surface area contributed by atoms with Gasteiger partial charge in [-0.1, -0.05) is 13.0 Å². The molecule has 1 atom stereocenters. The molecule has 0 fully saturated rings. The van der Waals surface area contributed by atoms with Gasteiger partial charge in [0.15, 0.2) is 6.10 Å². The molecule has 0 spiro atoms. The first-order valence-electron chi connectivity index (χ1n) is 7.56. The Morgan fingerprint density at radius 2 is 2.12 bits per heavy atom. The number of carbonyl (C=O) groups is 2. The zero-order chi connectivity index (χ0) is 17.7. The van der Waals surface area contributed by atoms with Crippen LogP contribution < -0.4 is 5.32 Å².